The van der Waals surface area contributed by atoms with Gasteiger partial charge in [0.1, 0.15) is 6.04 Å². The van der Waals surface area contributed by atoms with Gasteiger partial charge < -0.3 is 20.1 Å². The van der Waals surface area contributed by atoms with Gasteiger partial charge in [-0.3, -0.25) is 4.48 Å². The summed E-state index contributed by atoms with van der Waals surface area (Å²) in [6, 6.07) is -3.57. The van der Waals surface area contributed by atoms with Crippen molar-refractivity contribution in [3.8, 4) is 0 Å². The third-order valence-electron chi connectivity index (χ3n) is 8.49. The zero-order valence-corrected chi connectivity index (χ0v) is 26.9. The fourth-order valence-corrected chi connectivity index (χ4v) is 6.28. The Bertz CT molecular complexity index is 662. The van der Waals surface area contributed by atoms with Crippen LogP contribution in [0.25, 0.3) is 0 Å². The molecule has 0 radical (unpaired) electrons. The molecule has 7 nitrogen and oxygen atoms in total. The maximum Gasteiger partial charge on any atom is 0.363 e. The standard InChI is InChI=1S/C34H63NO6/c1-5-9-10-11-12-13-14-15-16-17-18-19-20-21-22-23-24-28-35(29(25-6-2)32(36)37,30(26-7-3)33(38)39)31(27-8-4)34(40)41/h24,28-31H,5-23,25-27H2,1-4H3,(H2-,36,37,38,39,40,41)/b28-24+. The highest BCUT2D eigenvalue weighted by molar-refractivity contribution is 5.77. The normalized spacial score (nSPS) is 15.4. The third kappa shape index (κ3) is 15.2. The molecule has 0 spiro atoms. The van der Waals surface area contributed by atoms with E-state index in [1.807, 2.05) is 26.8 Å². The molecule has 0 aliphatic rings. The summed E-state index contributed by atoms with van der Waals surface area (Å²) in [5.41, 5.74) is 0. The molecule has 0 aromatic heterocycles. The van der Waals surface area contributed by atoms with E-state index in [-0.39, 0.29) is 19.3 Å². The Morgan fingerprint density at radius 2 is 0.902 bits per heavy atom. The molecule has 0 aromatic carbocycles. The Balaban J connectivity index is 5.11. The van der Waals surface area contributed by atoms with Gasteiger partial charge in [-0.25, -0.2) is 9.59 Å². The Kier molecular flexibility index (Phi) is 23.5. The first-order valence-corrected chi connectivity index (χ1v) is 17.0. The number of quaternary nitrogens is 1. The van der Waals surface area contributed by atoms with Crippen LogP contribution in [0.1, 0.15) is 169 Å². The summed E-state index contributed by atoms with van der Waals surface area (Å²) < 4.78 is -0.610. The highest BCUT2D eigenvalue weighted by Crippen LogP contribution is 2.34. The second-order valence-electron chi connectivity index (χ2n) is 11.9. The number of rotatable bonds is 29. The summed E-state index contributed by atoms with van der Waals surface area (Å²) in [6.45, 7) is 7.76. The van der Waals surface area contributed by atoms with Crippen molar-refractivity contribution in [2.75, 3.05) is 0 Å². The molecule has 0 heterocycles. The SMILES string of the molecule is CCCCCCCCCCCCCCCCC/C=C/[N+](C(CCC)C(=O)[O-])(C(CCC)C(=O)O)C(CCC)C(=O)O. The van der Waals surface area contributed by atoms with Crippen molar-refractivity contribution in [3.05, 3.63) is 12.3 Å². The number of hydrogen-bond donors (Lipinski definition) is 2. The van der Waals surface area contributed by atoms with Crippen LogP contribution in [-0.2, 0) is 14.4 Å². The number of carboxylic acids is 3. The van der Waals surface area contributed by atoms with Crippen LogP contribution in [0.3, 0.4) is 0 Å². The average Bonchev–Trinajstić information content (AvgIpc) is 2.93. The predicted octanol–water partition coefficient (Wildman–Crippen LogP) is 8.00. The maximum atomic E-state index is 12.5. The van der Waals surface area contributed by atoms with Crippen LogP contribution >= 0.6 is 0 Å². The van der Waals surface area contributed by atoms with Crippen molar-refractivity contribution < 1.29 is 34.2 Å². The minimum absolute atomic E-state index is 0.159. The van der Waals surface area contributed by atoms with E-state index in [9.17, 15) is 29.7 Å². The molecule has 0 aromatic rings. The fourth-order valence-electron chi connectivity index (χ4n) is 6.28. The Labute approximate surface area is 251 Å². The van der Waals surface area contributed by atoms with Gasteiger partial charge in [0.25, 0.3) is 0 Å². The summed E-state index contributed by atoms with van der Waals surface area (Å²) >= 11 is 0. The smallest absolute Gasteiger partial charge is 0.363 e. The van der Waals surface area contributed by atoms with Crippen molar-refractivity contribution in [1.29, 1.82) is 0 Å². The summed E-state index contributed by atoms with van der Waals surface area (Å²) in [5, 5.41) is 32.9. The van der Waals surface area contributed by atoms with Crippen LogP contribution in [0, 0.1) is 0 Å². The molecule has 41 heavy (non-hydrogen) atoms. The first kappa shape index (κ1) is 39.1. The lowest BCUT2D eigenvalue weighted by Gasteiger charge is -2.49. The first-order chi connectivity index (χ1) is 19.7. The lowest BCUT2D eigenvalue weighted by molar-refractivity contribution is -0.930. The zero-order chi connectivity index (χ0) is 30.9. The van der Waals surface area contributed by atoms with Crippen LogP contribution < -0.4 is 5.11 Å². The molecule has 3 unspecified atom stereocenters. The number of unbranched alkanes of at least 4 members (excludes halogenated alkanes) is 15. The molecule has 0 fully saturated rings. The fraction of sp³-hybridized carbons (Fsp3) is 0.853. The summed E-state index contributed by atoms with van der Waals surface area (Å²) in [5.74, 6) is -3.70. The lowest BCUT2D eigenvalue weighted by atomic mass is 9.93. The van der Waals surface area contributed by atoms with E-state index >= 15 is 0 Å². The minimum atomic E-state index is -1.38. The Morgan fingerprint density at radius 1 is 0.561 bits per heavy atom. The van der Waals surface area contributed by atoms with Gasteiger partial charge in [0.15, 0.2) is 12.1 Å². The van der Waals surface area contributed by atoms with Crippen LogP contribution in [0.4, 0.5) is 0 Å². The number of allylic oxidation sites excluding steroid dienone is 1. The highest BCUT2D eigenvalue weighted by Gasteiger charge is 2.54. The van der Waals surface area contributed by atoms with Gasteiger partial charge in [-0.05, 0) is 31.8 Å². The largest absolute Gasteiger partial charge is 0.544 e. The van der Waals surface area contributed by atoms with Gasteiger partial charge in [-0.15, -0.1) is 0 Å². The topological polar surface area (TPSA) is 115 Å². The van der Waals surface area contributed by atoms with Gasteiger partial charge in [-0.1, -0.05) is 124 Å². The number of aliphatic carboxylic acids is 3. The first-order valence-electron chi connectivity index (χ1n) is 17.0. The van der Waals surface area contributed by atoms with Crippen molar-refractivity contribution in [1.82, 2.24) is 0 Å². The van der Waals surface area contributed by atoms with Crippen molar-refractivity contribution >= 4 is 17.9 Å². The quantitative estimate of drug-likeness (QED) is 0.0683. The van der Waals surface area contributed by atoms with E-state index < -0.39 is 40.5 Å². The molecule has 0 saturated heterocycles. The number of nitrogens with zero attached hydrogens (tertiary/aromatic N) is 1. The molecule has 0 saturated carbocycles. The van der Waals surface area contributed by atoms with Gasteiger partial charge in [0.05, 0.1) is 12.2 Å². The van der Waals surface area contributed by atoms with Crippen molar-refractivity contribution in [2.24, 2.45) is 0 Å². The van der Waals surface area contributed by atoms with Gasteiger partial charge in [0, 0.05) is 19.3 Å². The molecule has 7 heteroatoms. The molecule has 240 valence electrons. The van der Waals surface area contributed by atoms with E-state index in [1.165, 1.54) is 77.0 Å². The Hall–Kier alpha value is -1.89. The van der Waals surface area contributed by atoms with Crippen LogP contribution in [0.2, 0.25) is 0 Å². The maximum absolute atomic E-state index is 12.5. The number of hydrogen-bond acceptors (Lipinski definition) is 4. The molecule has 0 amide bonds. The molecular weight excluding hydrogens is 518 g/mol. The number of carboxylic acid groups (broad SMARTS) is 3. The number of carbonyl (C=O) groups is 3. The Morgan fingerprint density at radius 3 is 1.22 bits per heavy atom. The second kappa shape index (κ2) is 24.7. The van der Waals surface area contributed by atoms with Crippen LogP contribution in [0.15, 0.2) is 12.3 Å². The van der Waals surface area contributed by atoms with E-state index in [2.05, 4.69) is 6.92 Å². The average molecular weight is 582 g/mol. The monoisotopic (exact) mass is 581 g/mol. The van der Waals surface area contributed by atoms with E-state index in [0.29, 0.717) is 25.7 Å². The summed E-state index contributed by atoms with van der Waals surface area (Å²) in [4.78, 5) is 37.5. The summed E-state index contributed by atoms with van der Waals surface area (Å²) in [6.07, 6.45) is 25.2. The van der Waals surface area contributed by atoms with E-state index in [4.69, 9.17) is 0 Å². The van der Waals surface area contributed by atoms with Crippen molar-refractivity contribution in [3.63, 3.8) is 0 Å². The summed E-state index contributed by atoms with van der Waals surface area (Å²) in [7, 11) is 0. The van der Waals surface area contributed by atoms with Gasteiger partial charge in [0.2, 0.25) is 0 Å². The zero-order valence-electron chi connectivity index (χ0n) is 26.9. The molecule has 2 N–H and O–H groups in total. The highest BCUT2D eigenvalue weighted by atomic mass is 16.4. The third-order valence-corrected chi connectivity index (χ3v) is 8.49. The lowest BCUT2D eigenvalue weighted by Crippen LogP contribution is -2.71. The van der Waals surface area contributed by atoms with E-state index in [0.717, 1.165) is 19.3 Å². The molecule has 3 atom stereocenters. The van der Waals surface area contributed by atoms with Crippen LogP contribution in [-0.4, -0.2) is 50.7 Å². The molecule has 0 bridgehead atoms. The van der Waals surface area contributed by atoms with Crippen LogP contribution in [0.5, 0.6) is 0 Å². The molecule has 0 rings (SSSR count). The minimum Gasteiger partial charge on any atom is -0.544 e. The van der Waals surface area contributed by atoms with E-state index in [1.54, 1.807) is 6.20 Å². The van der Waals surface area contributed by atoms with Crippen molar-refractivity contribution in [2.45, 2.75) is 187 Å². The second-order valence-corrected chi connectivity index (χ2v) is 11.9. The van der Waals surface area contributed by atoms with Gasteiger partial charge in [-0.2, -0.15) is 0 Å². The molecule has 0 aliphatic carbocycles. The molecule has 0 aliphatic heterocycles. The predicted molar refractivity (Wildman–Crippen MR) is 165 cm³/mol. The number of carbonyl (C=O) groups excluding carboxylic acids is 1. The van der Waals surface area contributed by atoms with Gasteiger partial charge >= 0.3 is 11.9 Å². The molecular formula is C34H63NO6.